The lowest BCUT2D eigenvalue weighted by atomic mass is 10.0. The minimum atomic E-state index is -4.55. The standard InChI is InChI=1S/C27H24F3NO4/c1-26(2,3)35-25(33)23(34-24(32)20-14-16-21(17-15-20)27(28,29)30)31-22(18-10-6-4-7-11-18)19-12-8-5-9-13-19/h4-17,23H,1-3H3. The predicted octanol–water partition coefficient (Wildman–Crippen LogP) is 6.07. The number of esters is 2. The average Bonchev–Trinajstić information content (AvgIpc) is 2.81. The molecule has 182 valence electrons. The monoisotopic (exact) mass is 483 g/mol. The molecular formula is C27H24F3NO4. The van der Waals surface area contributed by atoms with Gasteiger partial charge in [-0.05, 0) is 45.0 Å². The number of benzene rings is 3. The molecule has 0 radical (unpaired) electrons. The van der Waals surface area contributed by atoms with Gasteiger partial charge in [0.2, 0.25) is 0 Å². The van der Waals surface area contributed by atoms with Crippen molar-refractivity contribution in [1.29, 1.82) is 0 Å². The van der Waals surface area contributed by atoms with Crippen LogP contribution in [0.25, 0.3) is 0 Å². The fraction of sp³-hybridized carbons (Fsp3) is 0.222. The Morgan fingerprint density at radius 1 is 0.743 bits per heavy atom. The van der Waals surface area contributed by atoms with E-state index in [1.165, 1.54) is 0 Å². The lowest BCUT2D eigenvalue weighted by Gasteiger charge is -2.23. The first kappa shape index (κ1) is 25.7. The topological polar surface area (TPSA) is 65.0 Å². The molecule has 35 heavy (non-hydrogen) atoms. The first-order valence-corrected chi connectivity index (χ1v) is 10.7. The maximum atomic E-state index is 13.0. The van der Waals surface area contributed by atoms with Crippen LogP contribution in [0.3, 0.4) is 0 Å². The van der Waals surface area contributed by atoms with Gasteiger partial charge in [0.1, 0.15) is 5.60 Å². The van der Waals surface area contributed by atoms with Crippen molar-refractivity contribution in [3.63, 3.8) is 0 Å². The molecule has 0 saturated carbocycles. The molecule has 3 aromatic carbocycles. The summed E-state index contributed by atoms with van der Waals surface area (Å²) in [6, 6.07) is 21.5. The average molecular weight is 483 g/mol. The third-order valence-corrected chi connectivity index (χ3v) is 4.62. The number of alkyl halides is 3. The van der Waals surface area contributed by atoms with Gasteiger partial charge in [-0.2, -0.15) is 13.2 Å². The Hall–Kier alpha value is -3.94. The summed E-state index contributed by atoms with van der Waals surface area (Å²) >= 11 is 0. The molecule has 0 heterocycles. The molecule has 0 aromatic heterocycles. The van der Waals surface area contributed by atoms with E-state index in [9.17, 15) is 22.8 Å². The number of carbonyl (C=O) groups is 2. The van der Waals surface area contributed by atoms with Gasteiger partial charge in [-0.3, -0.25) is 0 Å². The van der Waals surface area contributed by atoms with Crippen molar-refractivity contribution >= 4 is 17.7 Å². The van der Waals surface area contributed by atoms with Crippen LogP contribution in [0.1, 0.15) is 47.8 Å². The van der Waals surface area contributed by atoms with Gasteiger partial charge in [-0.1, -0.05) is 60.7 Å². The summed E-state index contributed by atoms with van der Waals surface area (Å²) in [5, 5.41) is 0. The molecule has 1 unspecified atom stereocenters. The van der Waals surface area contributed by atoms with Gasteiger partial charge in [0.05, 0.1) is 16.8 Å². The second-order valence-corrected chi connectivity index (χ2v) is 8.58. The Morgan fingerprint density at radius 2 is 1.23 bits per heavy atom. The summed E-state index contributed by atoms with van der Waals surface area (Å²) < 4.78 is 49.4. The zero-order valence-corrected chi connectivity index (χ0v) is 19.4. The fourth-order valence-electron chi connectivity index (χ4n) is 3.07. The summed E-state index contributed by atoms with van der Waals surface area (Å²) in [6.07, 6.45) is -6.24. The van der Waals surface area contributed by atoms with Crippen molar-refractivity contribution in [3.05, 3.63) is 107 Å². The zero-order chi connectivity index (χ0) is 25.6. The van der Waals surface area contributed by atoms with Gasteiger partial charge in [0, 0.05) is 11.1 Å². The Balaban J connectivity index is 2.00. The van der Waals surface area contributed by atoms with Crippen LogP contribution in [0.2, 0.25) is 0 Å². The van der Waals surface area contributed by atoms with Gasteiger partial charge in [-0.15, -0.1) is 0 Å². The highest BCUT2D eigenvalue weighted by molar-refractivity contribution is 6.13. The van der Waals surface area contributed by atoms with E-state index in [0.717, 1.165) is 24.3 Å². The molecule has 0 bridgehead atoms. The van der Waals surface area contributed by atoms with E-state index in [1.807, 2.05) is 12.1 Å². The summed E-state index contributed by atoms with van der Waals surface area (Å²) in [5.41, 5.74) is -0.266. The summed E-state index contributed by atoms with van der Waals surface area (Å²) in [6.45, 7) is 4.95. The van der Waals surface area contributed by atoms with Crippen molar-refractivity contribution in [3.8, 4) is 0 Å². The normalized spacial score (nSPS) is 12.4. The van der Waals surface area contributed by atoms with E-state index in [0.29, 0.717) is 16.8 Å². The van der Waals surface area contributed by atoms with E-state index >= 15 is 0 Å². The predicted molar refractivity (Wildman–Crippen MR) is 125 cm³/mol. The Kier molecular flexibility index (Phi) is 7.74. The largest absolute Gasteiger partial charge is 0.456 e. The van der Waals surface area contributed by atoms with Crippen LogP contribution in [0, 0.1) is 0 Å². The van der Waals surface area contributed by atoms with Crippen molar-refractivity contribution < 1.29 is 32.2 Å². The third-order valence-electron chi connectivity index (χ3n) is 4.62. The first-order chi connectivity index (χ1) is 16.4. The molecule has 0 aliphatic rings. The molecule has 8 heteroatoms. The van der Waals surface area contributed by atoms with Gasteiger partial charge < -0.3 is 9.47 Å². The fourth-order valence-corrected chi connectivity index (χ4v) is 3.07. The van der Waals surface area contributed by atoms with Gasteiger partial charge in [0.15, 0.2) is 0 Å². The molecular weight excluding hydrogens is 459 g/mol. The quantitative estimate of drug-likeness (QED) is 0.315. The Morgan fingerprint density at radius 3 is 1.66 bits per heavy atom. The number of hydrogen-bond acceptors (Lipinski definition) is 5. The molecule has 5 nitrogen and oxygen atoms in total. The van der Waals surface area contributed by atoms with E-state index in [1.54, 1.807) is 69.3 Å². The summed E-state index contributed by atoms with van der Waals surface area (Å²) in [7, 11) is 0. The molecule has 0 aliphatic heterocycles. The highest BCUT2D eigenvalue weighted by atomic mass is 19.4. The lowest BCUT2D eigenvalue weighted by molar-refractivity contribution is -0.164. The molecule has 0 aliphatic carbocycles. The van der Waals surface area contributed by atoms with Crippen molar-refractivity contribution in [2.24, 2.45) is 4.99 Å². The summed E-state index contributed by atoms with van der Waals surface area (Å²) in [5.74, 6) is -1.93. The zero-order valence-electron chi connectivity index (χ0n) is 19.4. The summed E-state index contributed by atoms with van der Waals surface area (Å²) in [4.78, 5) is 30.2. The van der Waals surface area contributed by atoms with Crippen LogP contribution in [0.4, 0.5) is 13.2 Å². The lowest BCUT2D eigenvalue weighted by Crippen LogP contribution is -2.34. The third kappa shape index (κ3) is 7.27. The maximum absolute atomic E-state index is 13.0. The van der Waals surface area contributed by atoms with E-state index in [-0.39, 0.29) is 5.56 Å². The van der Waals surface area contributed by atoms with Crippen LogP contribution < -0.4 is 0 Å². The maximum Gasteiger partial charge on any atom is 0.416 e. The number of hydrogen-bond donors (Lipinski definition) is 0. The van der Waals surface area contributed by atoms with E-state index in [2.05, 4.69) is 4.99 Å². The van der Waals surface area contributed by atoms with Crippen LogP contribution in [-0.4, -0.2) is 29.5 Å². The Bertz CT molecular complexity index is 1140. The van der Waals surface area contributed by atoms with Gasteiger partial charge >= 0.3 is 18.1 Å². The Labute approximate surface area is 201 Å². The van der Waals surface area contributed by atoms with Gasteiger partial charge in [-0.25, -0.2) is 14.6 Å². The van der Waals surface area contributed by atoms with Crippen molar-refractivity contribution in [2.75, 3.05) is 0 Å². The highest BCUT2D eigenvalue weighted by Crippen LogP contribution is 2.29. The van der Waals surface area contributed by atoms with Crippen molar-refractivity contribution in [1.82, 2.24) is 0 Å². The number of halogens is 3. The van der Waals surface area contributed by atoms with Crippen LogP contribution in [-0.2, 0) is 20.4 Å². The number of carbonyl (C=O) groups excluding carboxylic acids is 2. The second kappa shape index (κ2) is 10.5. The molecule has 0 saturated heterocycles. The molecule has 1 atom stereocenters. The molecule has 0 fully saturated rings. The van der Waals surface area contributed by atoms with Crippen molar-refractivity contribution in [2.45, 2.75) is 38.8 Å². The van der Waals surface area contributed by atoms with Crippen LogP contribution >= 0.6 is 0 Å². The minimum absolute atomic E-state index is 0.164. The first-order valence-electron chi connectivity index (χ1n) is 10.7. The number of ether oxygens (including phenoxy) is 2. The smallest absolute Gasteiger partial charge is 0.416 e. The van der Waals surface area contributed by atoms with E-state index in [4.69, 9.17) is 9.47 Å². The van der Waals surface area contributed by atoms with Gasteiger partial charge in [0.25, 0.3) is 6.23 Å². The number of nitrogens with zero attached hydrogens (tertiary/aromatic N) is 1. The minimum Gasteiger partial charge on any atom is -0.456 e. The molecule has 0 spiro atoms. The molecule has 3 aromatic rings. The number of aliphatic imine (C=N–C) groups is 1. The SMILES string of the molecule is CC(C)(C)OC(=O)C(N=C(c1ccccc1)c1ccccc1)OC(=O)c1ccc(C(F)(F)F)cc1. The number of rotatable bonds is 6. The van der Waals surface area contributed by atoms with Crippen LogP contribution in [0.15, 0.2) is 89.9 Å². The second-order valence-electron chi connectivity index (χ2n) is 8.58. The van der Waals surface area contributed by atoms with Crippen LogP contribution in [0.5, 0.6) is 0 Å². The highest BCUT2D eigenvalue weighted by Gasteiger charge is 2.32. The molecule has 3 rings (SSSR count). The molecule has 0 amide bonds. The molecule has 0 N–H and O–H groups in total. The van der Waals surface area contributed by atoms with E-state index < -0.39 is 35.5 Å².